The van der Waals surface area contributed by atoms with Crippen LogP contribution in [-0.2, 0) is 19.2 Å². The number of ether oxygens (including phenoxy) is 2. The molecular formula is C31H26INO7. The first kappa shape index (κ1) is 26.5. The maximum Gasteiger partial charge on any atom is 0.238 e. The van der Waals surface area contributed by atoms with Gasteiger partial charge < -0.3 is 14.6 Å². The van der Waals surface area contributed by atoms with Gasteiger partial charge in [0.25, 0.3) is 0 Å². The Morgan fingerprint density at radius 3 is 2.23 bits per heavy atom. The number of methoxy groups -OCH3 is 2. The third kappa shape index (κ3) is 3.85. The molecule has 0 saturated carbocycles. The number of aromatic hydroxyl groups is 1. The fourth-order valence-corrected chi connectivity index (χ4v) is 7.13. The molecule has 1 fully saturated rings. The molecule has 0 radical (unpaired) electrons. The van der Waals surface area contributed by atoms with Gasteiger partial charge in [-0.05, 0) is 78.6 Å². The van der Waals surface area contributed by atoms with E-state index in [0.29, 0.717) is 45.9 Å². The van der Waals surface area contributed by atoms with Gasteiger partial charge in [0, 0.05) is 43.9 Å². The summed E-state index contributed by atoms with van der Waals surface area (Å²) in [5.41, 5.74) is 2.80. The second kappa shape index (κ2) is 9.72. The van der Waals surface area contributed by atoms with Crippen LogP contribution in [0.2, 0.25) is 0 Å². The van der Waals surface area contributed by atoms with E-state index in [0.717, 1.165) is 9.14 Å². The summed E-state index contributed by atoms with van der Waals surface area (Å²) in [5.74, 6) is -3.10. The molecule has 1 heterocycles. The lowest BCUT2D eigenvalue weighted by atomic mass is 9.59. The number of amides is 2. The van der Waals surface area contributed by atoms with Gasteiger partial charge in [0.2, 0.25) is 11.8 Å². The van der Waals surface area contributed by atoms with Crippen LogP contribution in [0.1, 0.15) is 31.2 Å². The maximum absolute atomic E-state index is 14.0. The minimum Gasteiger partial charge on any atom is -0.508 e. The minimum absolute atomic E-state index is 0.0804. The fourth-order valence-electron chi connectivity index (χ4n) is 6.77. The van der Waals surface area contributed by atoms with Crippen LogP contribution in [0.4, 0.5) is 5.69 Å². The second-order valence-corrected chi connectivity index (χ2v) is 11.7. The molecule has 3 aliphatic carbocycles. The molecule has 2 aromatic carbocycles. The van der Waals surface area contributed by atoms with Crippen LogP contribution in [0.3, 0.4) is 0 Å². The van der Waals surface area contributed by atoms with Gasteiger partial charge in [0.15, 0.2) is 11.6 Å². The molecule has 4 unspecified atom stereocenters. The first-order valence-corrected chi connectivity index (χ1v) is 14.0. The third-order valence-electron chi connectivity index (χ3n) is 8.46. The molecule has 1 aliphatic heterocycles. The lowest BCUT2D eigenvalue weighted by molar-refractivity contribution is -0.123. The maximum atomic E-state index is 14.0. The Kier molecular flexibility index (Phi) is 6.44. The molecule has 8 nitrogen and oxygen atoms in total. The number of rotatable bonds is 4. The Morgan fingerprint density at radius 1 is 0.950 bits per heavy atom. The number of benzene rings is 2. The number of hydrogen-bond donors (Lipinski definition) is 1. The lowest BCUT2D eigenvalue weighted by Crippen LogP contribution is -2.40. The molecule has 0 spiro atoms. The van der Waals surface area contributed by atoms with Crippen molar-refractivity contribution in [2.24, 2.45) is 17.8 Å². The second-order valence-electron chi connectivity index (χ2n) is 10.5. The number of phenolic OH excluding ortho intramolecular Hbond substituents is 1. The molecule has 2 aromatic rings. The van der Waals surface area contributed by atoms with Crippen molar-refractivity contribution in [2.45, 2.75) is 25.7 Å². The number of nitrogens with zero attached hydrogens (tertiary/aromatic N) is 1. The van der Waals surface area contributed by atoms with Crippen molar-refractivity contribution in [3.63, 3.8) is 0 Å². The summed E-state index contributed by atoms with van der Waals surface area (Å²) in [5, 5.41) is 10.3. The Labute approximate surface area is 244 Å². The SMILES string of the molecule is COc1cc(O)cc(OC)c1C1C2=CCC3C(=O)N(c4ccc(I)cc4)C(=O)C3C2CC2=C1C(=O)C=C(C)C2=O. The number of imide groups is 1. The zero-order valence-corrected chi connectivity index (χ0v) is 24.2. The summed E-state index contributed by atoms with van der Waals surface area (Å²) in [6.07, 6.45) is 3.79. The van der Waals surface area contributed by atoms with Crippen molar-refractivity contribution in [2.75, 3.05) is 19.1 Å². The fraction of sp³-hybridized carbons (Fsp3) is 0.290. The van der Waals surface area contributed by atoms with Crippen LogP contribution in [0.25, 0.3) is 0 Å². The van der Waals surface area contributed by atoms with Gasteiger partial charge in [0.05, 0.1) is 31.7 Å². The van der Waals surface area contributed by atoms with Gasteiger partial charge in [-0.1, -0.05) is 11.6 Å². The summed E-state index contributed by atoms with van der Waals surface area (Å²) < 4.78 is 12.3. The molecule has 1 saturated heterocycles. The summed E-state index contributed by atoms with van der Waals surface area (Å²) in [7, 11) is 2.91. The largest absolute Gasteiger partial charge is 0.508 e. The highest BCUT2D eigenvalue weighted by Gasteiger charge is 2.57. The van der Waals surface area contributed by atoms with Crippen LogP contribution in [0.5, 0.6) is 17.2 Å². The van der Waals surface area contributed by atoms with Crippen LogP contribution < -0.4 is 14.4 Å². The Hall–Kier alpha value is -3.73. The summed E-state index contributed by atoms with van der Waals surface area (Å²) in [6, 6.07) is 10.1. The number of allylic oxidation sites excluding steroid dienone is 6. The first-order chi connectivity index (χ1) is 19.2. The van der Waals surface area contributed by atoms with Gasteiger partial charge in [-0.15, -0.1) is 0 Å². The van der Waals surface area contributed by atoms with Gasteiger partial charge in [0.1, 0.15) is 17.2 Å². The van der Waals surface area contributed by atoms with Crippen molar-refractivity contribution < 1.29 is 33.8 Å². The van der Waals surface area contributed by atoms with E-state index in [1.54, 1.807) is 19.1 Å². The van der Waals surface area contributed by atoms with Crippen molar-refractivity contribution in [1.29, 1.82) is 0 Å². The summed E-state index contributed by atoms with van der Waals surface area (Å²) in [6.45, 7) is 1.61. The minimum atomic E-state index is -0.753. The average molecular weight is 651 g/mol. The topological polar surface area (TPSA) is 110 Å². The lowest BCUT2D eigenvalue weighted by Gasteiger charge is -2.42. The number of halogens is 1. The number of carbonyl (C=O) groups excluding carboxylic acids is 4. The van der Waals surface area contributed by atoms with Gasteiger partial charge in [-0.2, -0.15) is 0 Å². The molecule has 40 heavy (non-hydrogen) atoms. The van der Waals surface area contributed by atoms with Crippen LogP contribution >= 0.6 is 22.6 Å². The van der Waals surface area contributed by atoms with Gasteiger partial charge >= 0.3 is 0 Å². The molecule has 4 aliphatic rings. The average Bonchev–Trinajstić information content (AvgIpc) is 3.20. The molecule has 2 amide bonds. The van der Waals surface area contributed by atoms with Crippen molar-refractivity contribution >= 4 is 51.7 Å². The Bertz CT molecular complexity index is 1570. The smallest absolute Gasteiger partial charge is 0.238 e. The summed E-state index contributed by atoms with van der Waals surface area (Å²) in [4.78, 5) is 55.9. The van der Waals surface area contributed by atoms with E-state index in [1.165, 1.54) is 37.3 Å². The van der Waals surface area contributed by atoms with E-state index >= 15 is 0 Å². The molecule has 9 heteroatoms. The zero-order valence-electron chi connectivity index (χ0n) is 22.1. The van der Waals surface area contributed by atoms with Crippen molar-refractivity contribution in [3.05, 3.63) is 80.0 Å². The molecule has 1 N–H and O–H groups in total. The highest BCUT2D eigenvalue weighted by atomic mass is 127. The van der Waals surface area contributed by atoms with Gasteiger partial charge in [-0.25, -0.2) is 0 Å². The number of ketones is 2. The van der Waals surface area contributed by atoms with E-state index in [1.807, 2.05) is 18.2 Å². The van der Waals surface area contributed by atoms with Crippen LogP contribution in [-0.4, -0.2) is 42.7 Å². The van der Waals surface area contributed by atoms with E-state index in [4.69, 9.17) is 9.47 Å². The Balaban J connectivity index is 1.54. The number of phenols is 1. The Morgan fingerprint density at radius 2 is 1.60 bits per heavy atom. The molecule has 6 rings (SSSR count). The molecule has 0 aromatic heterocycles. The predicted octanol–water partition coefficient (Wildman–Crippen LogP) is 4.65. The predicted molar refractivity (Wildman–Crippen MR) is 154 cm³/mol. The molecule has 0 bridgehead atoms. The van der Waals surface area contributed by atoms with Gasteiger partial charge in [-0.3, -0.25) is 24.1 Å². The highest BCUT2D eigenvalue weighted by molar-refractivity contribution is 14.1. The highest BCUT2D eigenvalue weighted by Crippen LogP contribution is 2.58. The van der Waals surface area contributed by atoms with E-state index in [-0.39, 0.29) is 35.6 Å². The molecular weight excluding hydrogens is 625 g/mol. The number of Topliss-reactive ketones (excluding diaryl/α,β-unsaturated/α-hetero) is 1. The zero-order chi connectivity index (χ0) is 28.5. The molecule has 4 atom stereocenters. The van der Waals surface area contributed by atoms with E-state index in [2.05, 4.69) is 22.6 Å². The summed E-state index contributed by atoms with van der Waals surface area (Å²) >= 11 is 2.17. The number of fused-ring (bicyclic) bond motifs is 3. The third-order valence-corrected chi connectivity index (χ3v) is 9.18. The number of hydrogen-bond acceptors (Lipinski definition) is 7. The standard InChI is InChI=1S/C31H26INO7/c1-14-10-22(35)26-21(29(14)36)13-20-18(27(26)28-23(39-2)11-17(34)12-24(28)40-3)8-9-19-25(20)31(38)33(30(19)37)16-6-4-15(32)5-7-16/h4-8,10-12,19-20,25,27,34H,9,13H2,1-3H3. The quantitative estimate of drug-likeness (QED) is 0.222. The monoisotopic (exact) mass is 651 g/mol. The van der Waals surface area contributed by atoms with E-state index < -0.39 is 23.7 Å². The molecule has 204 valence electrons. The van der Waals surface area contributed by atoms with Crippen LogP contribution in [0.15, 0.2) is 70.8 Å². The number of anilines is 1. The normalized spacial score (nSPS) is 25.8. The number of carbonyl (C=O) groups is 4. The van der Waals surface area contributed by atoms with Crippen LogP contribution in [0, 0.1) is 21.3 Å². The van der Waals surface area contributed by atoms with Crippen molar-refractivity contribution in [1.82, 2.24) is 0 Å². The van der Waals surface area contributed by atoms with E-state index in [9.17, 15) is 24.3 Å². The van der Waals surface area contributed by atoms with Crippen molar-refractivity contribution in [3.8, 4) is 17.2 Å². The first-order valence-electron chi connectivity index (χ1n) is 12.9.